The zero-order chi connectivity index (χ0) is 23.9. The number of allylic oxidation sites excluding steroid dienone is 1. The first kappa shape index (κ1) is 24.1. The van der Waals surface area contributed by atoms with Gasteiger partial charge in [-0.1, -0.05) is 31.6 Å². The molecule has 2 heterocycles. The van der Waals surface area contributed by atoms with Crippen LogP contribution in [-0.4, -0.2) is 21.7 Å². The van der Waals surface area contributed by atoms with E-state index in [1.54, 1.807) is 18.3 Å². The molecule has 0 fully saturated rings. The van der Waals surface area contributed by atoms with E-state index in [4.69, 9.17) is 9.15 Å². The molecular weight excluding hydrogens is 431 g/mol. The van der Waals surface area contributed by atoms with E-state index >= 15 is 0 Å². The number of halogens is 1. The fourth-order valence-corrected chi connectivity index (χ4v) is 4.71. The van der Waals surface area contributed by atoms with Gasteiger partial charge in [0.2, 0.25) is 5.89 Å². The maximum absolute atomic E-state index is 13.0. The minimum absolute atomic E-state index is 0.164. The Labute approximate surface area is 200 Å². The van der Waals surface area contributed by atoms with Crippen LogP contribution in [0.1, 0.15) is 44.5 Å². The van der Waals surface area contributed by atoms with Crippen LogP contribution in [0.4, 0.5) is 4.39 Å². The molecule has 1 N–H and O–H groups in total. The lowest BCUT2D eigenvalue weighted by Crippen LogP contribution is -2.34. The highest BCUT2D eigenvalue weighted by Gasteiger charge is 2.32. The van der Waals surface area contributed by atoms with Gasteiger partial charge < -0.3 is 14.5 Å². The van der Waals surface area contributed by atoms with Crippen molar-refractivity contribution in [3.8, 4) is 5.75 Å². The summed E-state index contributed by atoms with van der Waals surface area (Å²) in [6, 6.07) is 9.95. The number of hydrogen-bond donors (Lipinski definition) is 1. The van der Waals surface area contributed by atoms with Crippen molar-refractivity contribution >= 4 is 0 Å². The van der Waals surface area contributed by atoms with E-state index in [1.165, 1.54) is 23.3 Å². The number of nitrogens with zero attached hydrogens (tertiary/aromatic N) is 3. The minimum atomic E-state index is -0.297. The van der Waals surface area contributed by atoms with Crippen molar-refractivity contribution in [3.05, 3.63) is 83.6 Å². The third kappa shape index (κ3) is 6.50. The Bertz CT molecular complexity index is 1070. The van der Waals surface area contributed by atoms with Crippen LogP contribution < -0.4 is 10.1 Å². The molecular formula is C27H33FN4O2. The van der Waals surface area contributed by atoms with Crippen molar-refractivity contribution in [2.24, 2.45) is 23.7 Å². The van der Waals surface area contributed by atoms with Crippen molar-refractivity contribution < 1.29 is 13.5 Å². The third-order valence-electron chi connectivity index (χ3n) is 6.62. The molecule has 3 unspecified atom stereocenters. The molecule has 1 aliphatic carbocycles. The second kappa shape index (κ2) is 11.4. The topological polar surface area (TPSA) is 73.1 Å². The van der Waals surface area contributed by atoms with Gasteiger partial charge in [-0.15, -0.1) is 10.2 Å². The molecule has 0 bridgehead atoms. The van der Waals surface area contributed by atoms with Crippen LogP contribution >= 0.6 is 0 Å². The molecule has 4 rings (SSSR count). The van der Waals surface area contributed by atoms with Gasteiger partial charge in [-0.25, -0.2) is 4.39 Å². The van der Waals surface area contributed by atoms with Crippen LogP contribution in [0.25, 0.3) is 0 Å². The zero-order valence-corrected chi connectivity index (χ0v) is 20.1. The molecule has 0 amide bonds. The standard InChI is InChI=1S/C27H33FN4O2/c1-18(2)25-12-21(19(3)11-22(25)16-30-15-20-5-4-10-29-14-20)13-26-31-32-27(34-26)17-33-24-8-6-23(28)7-9-24/h4-11,14,18,21-22,25,30H,12-13,15-17H2,1-3H3. The zero-order valence-electron chi connectivity index (χ0n) is 20.1. The molecule has 3 atom stereocenters. The predicted octanol–water partition coefficient (Wildman–Crippen LogP) is 5.37. The highest BCUT2D eigenvalue weighted by Crippen LogP contribution is 2.38. The number of benzene rings is 1. The number of nitrogens with one attached hydrogen (secondary N) is 1. The summed E-state index contributed by atoms with van der Waals surface area (Å²) < 4.78 is 24.5. The van der Waals surface area contributed by atoms with Gasteiger partial charge in [-0.3, -0.25) is 4.98 Å². The number of pyridine rings is 1. The third-order valence-corrected chi connectivity index (χ3v) is 6.62. The van der Waals surface area contributed by atoms with Crippen molar-refractivity contribution in [1.29, 1.82) is 0 Å². The fourth-order valence-electron chi connectivity index (χ4n) is 4.71. The molecule has 0 aliphatic heterocycles. The highest BCUT2D eigenvalue weighted by molar-refractivity contribution is 5.22. The molecule has 0 radical (unpaired) electrons. The second-order valence-electron chi connectivity index (χ2n) is 9.44. The van der Waals surface area contributed by atoms with Crippen LogP contribution in [0.3, 0.4) is 0 Å². The second-order valence-corrected chi connectivity index (χ2v) is 9.44. The first-order chi connectivity index (χ1) is 16.5. The Hall–Kier alpha value is -3.06. The number of hydrogen-bond acceptors (Lipinski definition) is 6. The summed E-state index contributed by atoms with van der Waals surface area (Å²) in [4.78, 5) is 4.19. The Morgan fingerprint density at radius 1 is 1.15 bits per heavy atom. The smallest absolute Gasteiger partial charge is 0.253 e. The summed E-state index contributed by atoms with van der Waals surface area (Å²) in [7, 11) is 0. The maximum Gasteiger partial charge on any atom is 0.253 e. The molecule has 1 aromatic carbocycles. The Balaban J connectivity index is 1.33. The van der Waals surface area contributed by atoms with Gasteiger partial charge in [0.05, 0.1) is 0 Å². The summed E-state index contributed by atoms with van der Waals surface area (Å²) >= 11 is 0. The summed E-state index contributed by atoms with van der Waals surface area (Å²) in [5, 5.41) is 12.0. The van der Waals surface area contributed by atoms with Gasteiger partial charge in [-0.05, 0) is 72.9 Å². The van der Waals surface area contributed by atoms with Crippen LogP contribution in [0.15, 0.2) is 64.9 Å². The molecule has 34 heavy (non-hydrogen) atoms. The molecule has 0 spiro atoms. The summed E-state index contributed by atoms with van der Waals surface area (Å²) in [5.41, 5.74) is 2.58. The molecule has 3 aromatic rings. The quantitative estimate of drug-likeness (QED) is 0.407. The molecule has 6 nitrogen and oxygen atoms in total. The van der Waals surface area contributed by atoms with E-state index in [0.29, 0.717) is 41.2 Å². The predicted molar refractivity (Wildman–Crippen MR) is 128 cm³/mol. The Morgan fingerprint density at radius 2 is 1.94 bits per heavy atom. The van der Waals surface area contributed by atoms with E-state index in [2.05, 4.69) is 53.4 Å². The summed E-state index contributed by atoms with van der Waals surface area (Å²) in [6.45, 7) is 8.77. The Kier molecular flexibility index (Phi) is 8.06. The van der Waals surface area contributed by atoms with E-state index in [0.717, 1.165) is 25.9 Å². The van der Waals surface area contributed by atoms with Crippen molar-refractivity contribution in [2.75, 3.05) is 6.54 Å². The fraction of sp³-hybridized carbons (Fsp3) is 0.444. The molecule has 2 aromatic heterocycles. The average Bonchev–Trinajstić information content (AvgIpc) is 3.28. The minimum Gasteiger partial charge on any atom is -0.484 e. The van der Waals surface area contributed by atoms with Crippen LogP contribution in [-0.2, 0) is 19.6 Å². The molecule has 0 saturated carbocycles. The maximum atomic E-state index is 13.0. The molecule has 180 valence electrons. The number of ether oxygens (including phenoxy) is 1. The monoisotopic (exact) mass is 464 g/mol. The van der Waals surface area contributed by atoms with E-state index in [9.17, 15) is 4.39 Å². The van der Waals surface area contributed by atoms with E-state index in [-0.39, 0.29) is 12.4 Å². The normalized spacial score (nSPS) is 20.4. The largest absolute Gasteiger partial charge is 0.484 e. The van der Waals surface area contributed by atoms with E-state index in [1.807, 2.05) is 12.3 Å². The Morgan fingerprint density at radius 3 is 2.68 bits per heavy atom. The lowest BCUT2D eigenvalue weighted by molar-refractivity contribution is 0.215. The first-order valence-electron chi connectivity index (χ1n) is 12.0. The lowest BCUT2D eigenvalue weighted by atomic mass is 9.70. The van der Waals surface area contributed by atoms with Crippen molar-refractivity contribution in [1.82, 2.24) is 20.5 Å². The van der Waals surface area contributed by atoms with Crippen LogP contribution in [0.5, 0.6) is 5.75 Å². The highest BCUT2D eigenvalue weighted by atomic mass is 19.1. The van der Waals surface area contributed by atoms with Gasteiger partial charge in [-0.2, -0.15) is 0 Å². The van der Waals surface area contributed by atoms with Gasteiger partial charge in [0, 0.05) is 31.9 Å². The van der Waals surface area contributed by atoms with Crippen LogP contribution in [0.2, 0.25) is 0 Å². The molecule has 0 saturated heterocycles. The summed E-state index contributed by atoms with van der Waals surface area (Å²) in [5.74, 6) is 3.37. The van der Waals surface area contributed by atoms with Gasteiger partial charge >= 0.3 is 0 Å². The SMILES string of the molecule is CC1=CC(CNCc2cccnc2)C(C(C)C)CC1Cc1nnc(COc2ccc(F)cc2)o1. The summed E-state index contributed by atoms with van der Waals surface area (Å²) in [6.07, 6.45) is 7.98. The lowest BCUT2D eigenvalue weighted by Gasteiger charge is -2.37. The van der Waals surface area contributed by atoms with Crippen molar-refractivity contribution in [3.63, 3.8) is 0 Å². The average molecular weight is 465 g/mol. The van der Waals surface area contributed by atoms with Gasteiger partial charge in [0.1, 0.15) is 11.6 Å². The molecule has 7 heteroatoms. The number of aromatic nitrogens is 3. The van der Waals surface area contributed by atoms with Gasteiger partial charge in [0.15, 0.2) is 6.61 Å². The first-order valence-corrected chi connectivity index (χ1v) is 12.0. The van der Waals surface area contributed by atoms with Crippen LogP contribution in [0, 0.1) is 29.5 Å². The molecule has 1 aliphatic rings. The number of rotatable bonds is 10. The van der Waals surface area contributed by atoms with E-state index < -0.39 is 0 Å². The van der Waals surface area contributed by atoms with Gasteiger partial charge in [0.25, 0.3) is 5.89 Å². The van der Waals surface area contributed by atoms with Crippen molar-refractivity contribution in [2.45, 2.75) is 46.8 Å².